The average Bonchev–Trinajstić information content (AvgIpc) is 2.47. The van der Waals surface area contributed by atoms with E-state index in [1.54, 1.807) is 6.07 Å². The number of carbonyl (C=O) groups is 1. The fourth-order valence-corrected chi connectivity index (χ4v) is 1.71. The number of benzene rings is 2. The van der Waals surface area contributed by atoms with Gasteiger partial charge in [0.25, 0.3) is 5.91 Å². The maximum absolute atomic E-state index is 13.2. The summed E-state index contributed by atoms with van der Waals surface area (Å²) in [5, 5.41) is 20.6. The van der Waals surface area contributed by atoms with Crippen molar-refractivity contribution in [3.05, 3.63) is 59.4 Å². The highest BCUT2D eigenvalue weighted by molar-refractivity contribution is 6.05. The van der Waals surface area contributed by atoms with E-state index in [0.29, 0.717) is 5.69 Å². The summed E-state index contributed by atoms with van der Waals surface area (Å²) in [6, 6.07) is 9.60. The number of nitrogens with one attached hydrogen (secondary N) is 1. The Morgan fingerprint density at radius 1 is 1.24 bits per heavy atom. The molecule has 0 aromatic heterocycles. The van der Waals surface area contributed by atoms with Crippen LogP contribution < -0.4 is 5.32 Å². The van der Waals surface area contributed by atoms with Crippen LogP contribution in [0.15, 0.2) is 42.5 Å². The molecule has 0 aliphatic rings. The molecule has 0 atom stereocenters. The largest absolute Gasteiger partial charge is 0.508 e. The highest BCUT2D eigenvalue weighted by atomic mass is 19.1. The Morgan fingerprint density at radius 3 is 2.76 bits per heavy atom. The molecule has 2 rings (SSSR count). The Bertz CT molecular complexity index is 732. The number of hydrogen-bond acceptors (Lipinski definition) is 3. The molecule has 0 aliphatic heterocycles. The van der Waals surface area contributed by atoms with Gasteiger partial charge in [0.15, 0.2) is 0 Å². The van der Waals surface area contributed by atoms with E-state index in [1.165, 1.54) is 36.4 Å². The number of halogens is 1. The summed E-state index contributed by atoms with van der Waals surface area (Å²) in [6.07, 6.45) is 0. The van der Waals surface area contributed by atoms with Gasteiger partial charge in [0.1, 0.15) is 18.2 Å². The standard InChI is InChI=1S/C16H12FNO3/c17-13-6-7-15(11(9-13)4-2-8-19)18-16(21)12-3-1-5-14(20)10-12/h1,3,5-7,9-10,19-20H,8H2,(H,18,21). The third-order valence-corrected chi connectivity index (χ3v) is 2.64. The summed E-state index contributed by atoms with van der Waals surface area (Å²) in [5.41, 5.74) is 0.851. The SMILES string of the molecule is O=C(Nc1ccc(F)cc1C#CCO)c1cccc(O)c1. The number of carbonyl (C=O) groups excluding carboxylic acids is 1. The second kappa shape index (κ2) is 6.55. The predicted molar refractivity (Wildman–Crippen MR) is 76.4 cm³/mol. The van der Waals surface area contributed by atoms with Crippen molar-refractivity contribution in [1.82, 2.24) is 0 Å². The molecule has 5 heteroatoms. The molecule has 0 fully saturated rings. The number of aliphatic hydroxyl groups excluding tert-OH is 1. The number of hydrogen-bond donors (Lipinski definition) is 3. The molecule has 0 saturated carbocycles. The normalized spacial score (nSPS) is 9.62. The zero-order valence-corrected chi connectivity index (χ0v) is 10.9. The minimum Gasteiger partial charge on any atom is -0.508 e. The van der Waals surface area contributed by atoms with E-state index in [9.17, 15) is 14.3 Å². The topological polar surface area (TPSA) is 69.6 Å². The Balaban J connectivity index is 2.29. The summed E-state index contributed by atoms with van der Waals surface area (Å²) in [5.74, 6) is 4.00. The average molecular weight is 285 g/mol. The smallest absolute Gasteiger partial charge is 0.255 e. The van der Waals surface area contributed by atoms with Crippen molar-refractivity contribution in [2.24, 2.45) is 0 Å². The number of rotatable bonds is 2. The molecule has 0 heterocycles. The first-order valence-corrected chi connectivity index (χ1v) is 6.10. The van der Waals surface area contributed by atoms with Crippen molar-refractivity contribution >= 4 is 11.6 Å². The third-order valence-electron chi connectivity index (χ3n) is 2.64. The van der Waals surface area contributed by atoms with Crippen LogP contribution >= 0.6 is 0 Å². The number of aliphatic hydroxyl groups is 1. The first kappa shape index (κ1) is 14.6. The van der Waals surface area contributed by atoms with Crippen LogP contribution in [0.2, 0.25) is 0 Å². The monoisotopic (exact) mass is 285 g/mol. The van der Waals surface area contributed by atoms with E-state index < -0.39 is 11.7 Å². The van der Waals surface area contributed by atoms with Crippen molar-refractivity contribution in [1.29, 1.82) is 0 Å². The maximum Gasteiger partial charge on any atom is 0.255 e. The molecule has 2 aromatic rings. The number of phenols is 1. The van der Waals surface area contributed by atoms with Crippen LogP contribution in [-0.2, 0) is 0 Å². The first-order chi connectivity index (χ1) is 10.1. The van der Waals surface area contributed by atoms with Crippen molar-refractivity contribution in [2.75, 3.05) is 11.9 Å². The maximum atomic E-state index is 13.2. The second-order valence-corrected chi connectivity index (χ2v) is 4.15. The summed E-state index contributed by atoms with van der Waals surface area (Å²) in [7, 11) is 0. The molecule has 0 aliphatic carbocycles. The lowest BCUT2D eigenvalue weighted by Gasteiger charge is -2.08. The molecule has 0 spiro atoms. The van der Waals surface area contributed by atoms with Crippen LogP contribution in [0.4, 0.5) is 10.1 Å². The molecule has 0 bridgehead atoms. The summed E-state index contributed by atoms with van der Waals surface area (Å²) in [6.45, 7) is -0.365. The molecule has 2 aromatic carbocycles. The van der Waals surface area contributed by atoms with Gasteiger partial charge < -0.3 is 15.5 Å². The van der Waals surface area contributed by atoms with Crippen LogP contribution in [0, 0.1) is 17.7 Å². The Labute approximate surface area is 120 Å². The van der Waals surface area contributed by atoms with Crippen LogP contribution in [0.5, 0.6) is 5.75 Å². The van der Waals surface area contributed by atoms with Crippen LogP contribution in [0.25, 0.3) is 0 Å². The lowest BCUT2D eigenvalue weighted by molar-refractivity contribution is 0.102. The van der Waals surface area contributed by atoms with Gasteiger partial charge in [-0.25, -0.2) is 4.39 Å². The van der Waals surface area contributed by atoms with E-state index in [2.05, 4.69) is 17.2 Å². The molecule has 21 heavy (non-hydrogen) atoms. The molecule has 106 valence electrons. The van der Waals surface area contributed by atoms with Crippen molar-refractivity contribution in [2.45, 2.75) is 0 Å². The highest BCUT2D eigenvalue weighted by Gasteiger charge is 2.09. The second-order valence-electron chi connectivity index (χ2n) is 4.15. The van der Waals surface area contributed by atoms with Crippen molar-refractivity contribution in [3.8, 4) is 17.6 Å². The van der Waals surface area contributed by atoms with Crippen molar-refractivity contribution in [3.63, 3.8) is 0 Å². The van der Waals surface area contributed by atoms with E-state index in [1.807, 2.05) is 0 Å². The Morgan fingerprint density at radius 2 is 2.05 bits per heavy atom. The fraction of sp³-hybridized carbons (Fsp3) is 0.0625. The Kier molecular flexibility index (Phi) is 4.54. The molecule has 0 unspecified atom stereocenters. The highest BCUT2D eigenvalue weighted by Crippen LogP contribution is 2.18. The van der Waals surface area contributed by atoms with Gasteiger partial charge in [-0.1, -0.05) is 17.9 Å². The van der Waals surface area contributed by atoms with Gasteiger partial charge in [0.2, 0.25) is 0 Å². The minimum atomic E-state index is -0.493. The van der Waals surface area contributed by atoms with Gasteiger partial charge in [-0.05, 0) is 36.4 Å². The molecule has 0 radical (unpaired) electrons. The molecular formula is C16H12FNO3. The molecule has 1 amide bonds. The Hall–Kier alpha value is -2.84. The fourth-order valence-electron chi connectivity index (χ4n) is 1.71. The van der Waals surface area contributed by atoms with E-state index in [-0.39, 0.29) is 23.5 Å². The van der Waals surface area contributed by atoms with Gasteiger partial charge in [0, 0.05) is 5.56 Å². The lowest BCUT2D eigenvalue weighted by Crippen LogP contribution is -2.12. The van der Waals surface area contributed by atoms with Crippen LogP contribution in [-0.4, -0.2) is 22.7 Å². The van der Waals surface area contributed by atoms with Gasteiger partial charge in [-0.15, -0.1) is 0 Å². The number of amides is 1. The van der Waals surface area contributed by atoms with E-state index >= 15 is 0 Å². The molecule has 0 saturated heterocycles. The third kappa shape index (κ3) is 3.81. The quantitative estimate of drug-likeness (QED) is 0.740. The predicted octanol–water partition coefficient (Wildman–Crippen LogP) is 2.13. The lowest BCUT2D eigenvalue weighted by atomic mass is 10.1. The van der Waals surface area contributed by atoms with Gasteiger partial charge in [-0.2, -0.15) is 0 Å². The zero-order valence-electron chi connectivity index (χ0n) is 10.9. The summed E-state index contributed by atoms with van der Waals surface area (Å²) >= 11 is 0. The van der Waals surface area contributed by atoms with Crippen LogP contribution in [0.3, 0.4) is 0 Å². The zero-order chi connectivity index (χ0) is 15.2. The summed E-state index contributed by atoms with van der Waals surface area (Å²) in [4.78, 5) is 12.1. The number of anilines is 1. The summed E-state index contributed by atoms with van der Waals surface area (Å²) < 4.78 is 13.2. The first-order valence-electron chi connectivity index (χ1n) is 6.10. The van der Waals surface area contributed by atoms with Gasteiger partial charge >= 0.3 is 0 Å². The number of phenolic OH excluding ortho intramolecular Hbond substituents is 1. The molecular weight excluding hydrogens is 273 g/mol. The molecule has 3 N–H and O–H groups in total. The van der Waals surface area contributed by atoms with Crippen molar-refractivity contribution < 1.29 is 19.4 Å². The van der Waals surface area contributed by atoms with E-state index in [4.69, 9.17) is 5.11 Å². The van der Waals surface area contributed by atoms with E-state index in [0.717, 1.165) is 0 Å². The minimum absolute atomic E-state index is 0.0259. The van der Waals surface area contributed by atoms with Gasteiger partial charge in [-0.3, -0.25) is 4.79 Å². The van der Waals surface area contributed by atoms with Gasteiger partial charge in [0.05, 0.1) is 11.3 Å². The molecule has 4 nitrogen and oxygen atoms in total. The number of aromatic hydroxyl groups is 1. The van der Waals surface area contributed by atoms with Crippen LogP contribution in [0.1, 0.15) is 15.9 Å².